The van der Waals surface area contributed by atoms with Gasteiger partial charge in [-0.15, -0.1) is 11.8 Å². The number of nitrogens with one attached hydrogen (secondary N) is 1. The average Bonchev–Trinajstić information content (AvgIpc) is 2.55. The lowest BCUT2D eigenvalue weighted by Gasteiger charge is -2.06. The van der Waals surface area contributed by atoms with E-state index in [9.17, 15) is 17.6 Å². The lowest BCUT2D eigenvalue weighted by Crippen LogP contribution is -2.24. The van der Waals surface area contributed by atoms with Gasteiger partial charge in [0, 0.05) is 23.3 Å². The Kier molecular flexibility index (Phi) is 7.01. The molecule has 4 nitrogen and oxygen atoms in total. The number of hydrogen-bond donors (Lipinski definition) is 1. The predicted molar refractivity (Wildman–Crippen MR) is 99.1 cm³/mol. The van der Waals surface area contributed by atoms with Crippen molar-refractivity contribution in [2.75, 3.05) is 18.6 Å². The molecule has 0 radical (unpaired) electrons. The van der Waals surface area contributed by atoms with Crippen LogP contribution in [0.15, 0.2) is 53.4 Å². The van der Waals surface area contributed by atoms with Gasteiger partial charge in [0.25, 0.3) is 5.91 Å². The highest BCUT2D eigenvalue weighted by Gasteiger charge is 2.07. The predicted octanol–water partition coefficient (Wildman–Crippen LogP) is 3.28. The van der Waals surface area contributed by atoms with Crippen LogP contribution in [0.25, 0.3) is 0 Å². The van der Waals surface area contributed by atoms with E-state index in [4.69, 9.17) is 0 Å². The molecule has 0 aliphatic heterocycles. The molecule has 2 aromatic carbocycles. The molecule has 0 saturated carbocycles. The van der Waals surface area contributed by atoms with Crippen molar-refractivity contribution in [3.63, 3.8) is 0 Å². The van der Waals surface area contributed by atoms with E-state index in [-0.39, 0.29) is 17.5 Å². The molecule has 2 rings (SSSR count). The summed E-state index contributed by atoms with van der Waals surface area (Å²) < 4.78 is 35.3. The van der Waals surface area contributed by atoms with Crippen molar-refractivity contribution in [3.05, 3.63) is 65.5 Å². The molecule has 0 aliphatic rings. The van der Waals surface area contributed by atoms with Gasteiger partial charge >= 0.3 is 0 Å². The number of carbonyl (C=O) groups excluding carboxylic acids is 1. The quantitative estimate of drug-likeness (QED) is 0.563. The van der Waals surface area contributed by atoms with Gasteiger partial charge in [-0.2, -0.15) is 0 Å². The van der Waals surface area contributed by atoms with E-state index in [0.717, 1.165) is 17.1 Å². The van der Waals surface area contributed by atoms with E-state index in [2.05, 4.69) is 5.32 Å². The summed E-state index contributed by atoms with van der Waals surface area (Å²) in [6, 6.07) is 12.9. The summed E-state index contributed by atoms with van der Waals surface area (Å²) in [5.41, 5.74) is 1.16. The Balaban J connectivity index is 1.72. The molecule has 2 aromatic rings. The van der Waals surface area contributed by atoms with Crippen LogP contribution in [0.5, 0.6) is 0 Å². The highest BCUT2D eigenvalue weighted by molar-refractivity contribution is 7.99. The highest BCUT2D eigenvalue weighted by atomic mass is 32.2. The van der Waals surface area contributed by atoms with Crippen LogP contribution in [-0.2, 0) is 15.6 Å². The van der Waals surface area contributed by atoms with Crippen molar-refractivity contribution >= 4 is 27.5 Å². The Bertz CT molecular complexity index is 803. The molecule has 0 atom stereocenters. The van der Waals surface area contributed by atoms with Crippen LogP contribution >= 0.6 is 11.8 Å². The first-order valence-corrected chi connectivity index (χ1v) is 10.8. The number of thioether (sulfide) groups is 1. The molecule has 25 heavy (non-hydrogen) atoms. The van der Waals surface area contributed by atoms with E-state index in [1.165, 1.54) is 18.4 Å². The molecule has 0 bridgehead atoms. The number of sulfone groups is 1. The smallest absolute Gasteiger partial charge is 0.251 e. The van der Waals surface area contributed by atoms with Gasteiger partial charge in [-0.3, -0.25) is 4.79 Å². The van der Waals surface area contributed by atoms with Gasteiger partial charge in [-0.1, -0.05) is 12.1 Å². The van der Waals surface area contributed by atoms with Gasteiger partial charge in [0.2, 0.25) is 0 Å². The van der Waals surface area contributed by atoms with Crippen LogP contribution in [-0.4, -0.2) is 32.9 Å². The maximum absolute atomic E-state index is 12.8. The molecule has 1 amide bonds. The van der Waals surface area contributed by atoms with Gasteiger partial charge in [-0.25, -0.2) is 12.8 Å². The fraction of sp³-hybridized carbons (Fsp3) is 0.278. The molecule has 0 aromatic heterocycles. The monoisotopic (exact) mass is 381 g/mol. The van der Waals surface area contributed by atoms with Crippen LogP contribution in [0.3, 0.4) is 0 Å². The summed E-state index contributed by atoms with van der Waals surface area (Å²) in [7, 11) is -3.08. The van der Waals surface area contributed by atoms with E-state index in [1.54, 1.807) is 48.2 Å². The van der Waals surface area contributed by atoms with Crippen LogP contribution in [0.4, 0.5) is 4.39 Å². The van der Waals surface area contributed by atoms with Crippen molar-refractivity contribution in [2.45, 2.75) is 17.1 Å². The molecule has 134 valence electrons. The normalized spacial score (nSPS) is 11.3. The maximum Gasteiger partial charge on any atom is 0.251 e. The molecule has 1 N–H and O–H groups in total. The van der Waals surface area contributed by atoms with Crippen molar-refractivity contribution < 1.29 is 17.6 Å². The number of rotatable bonds is 8. The van der Waals surface area contributed by atoms with E-state index in [0.29, 0.717) is 17.7 Å². The molecule has 0 spiro atoms. The zero-order chi connectivity index (χ0) is 18.3. The third-order valence-corrected chi connectivity index (χ3v) is 5.29. The summed E-state index contributed by atoms with van der Waals surface area (Å²) in [5.74, 6) is 0.353. The Labute approximate surface area is 151 Å². The average molecular weight is 381 g/mol. The van der Waals surface area contributed by atoms with Crippen molar-refractivity contribution in [2.24, 2.45) is 0 Å². The number of benzene rings is 2. The standard InChI is InChI=1S/C18H20FNO3S2/c1-25(22,23)13-14-3-5-15(6-4-14)18(21)20-11-2-12-24-17-9-7-16(19)8-10-17/h3-10H,2,11-13H2,1H3,(H,20,21). The van der Waals surface area contributed by atoms with E-state index >= 15 is 0 Å². The summed E-state index contributed by atoms with van der Waals surface area (Å²) in [6.45, 7) is 0.540. The molecule has 0 unspecified atom stereocenters. The second kappa shape index (κ2) is 9.01. The minimum atomic E-state index is -3.08. The Morgan fingerprint density at radius 1 is 1.08 bits per heavy atom. The fourth-order valence-electron chi connectivity index (χ4n) is 2.15. The van der Waals surface area contributed by atoms with Crippen LogP contribution in [0, 0.1) is 5.82 Å². The first kappa shape index (κ1) is 19.5. The van der Waals surface area contributed by atoms with Gasteiger partial charge < -0.3 is 5.32 Å². The number of amides is 1. The molecular weight excluding hydrogens is 361 g/mol. The van der Waals surface area contributed by atoms with E-state index in [1.807, 2.05) is 0 Å². The Morgan fingerprint density at radius 3 is 2.32 bits per heavy atom. The lowest BCUT2D eigenvalue weighted by molar-refractivity contribution is 0.0954. The minimum Gasteiger partial charge on any atom is -0.352 e. The van der Waals surface area contributed by atoms with Crippen LogP contribution in [0.2, 0.25) is 0 Å². The number of carbonyl (C=O) groups is 1. The van der Waals surface area contributed by atoms with Gasteiger partial charge in [0.05, 0.1) is 5.75 Å². The van der Waals surface area contributed by atoms with Crippen molar-refractivity contribution in [1.82, 2.24) is 5.32 Å². The van der Waals surface area contributed by atoms with Crippen molar-refractivity contribution in [1.29, 1.82) is 0 Å². The minimum absolute atomic E-state index is 0.0322. The van der Waals surface area contributed by atoms with Crippen LogP contribution < -0.4 is 5.32 Å². The number of halogens is 1. The second-order valence-electron chi connectivity index (χ2n) is 5.68. The fourth-order valence-corrected chi connectivity index (χ4v) is 3.80. The third-order valence-electron chi connectivity index (χ3n) is 3.33. The summed E-state index contributed by atoms with van der Waals surface area (Å²) in [5, 5.41) is 2.83. The van der Waals surface area contributed by atoms with Gasteiger partial charge in [0.1, 0.15) is 5.82 Å². The Hall–Kier alpha value is -1.86. The zero-order valence-corrected chi connectivity index (χ0v) is 15.5. The van der Waals surface area contributed by atoms with E-state index < -0.39 is 9.84 Å². The molecule has 7 heteroatoms. The summed E-state index contributed by atoms with van der Waals surface area (Å²) >= 11 is 1.61. The lowest BCUT2D eigenvalue weighted by atomic mass is 10.1. The molecule has 0 saturated heterocycles. The maximum atomic E-state index is 12.8. The first-order valence-electron chi connectivity index (χ1n) is 7.77. The van der Waals surface area contributed by atoms with Gasteiger partial charge in [-0.05, 0) is 54.1 Å². The van der Waals surface area contributed by atoms with Crippen molar-refractivity contribution in [3.8, 4) is 0 Å². The summed E-state index contributed by atoms with van der Waals surface area (Å²) in [4.78, 5) is 13.0. The largest absolute Gasteiger partial charge is 0.352 e. The SMILES string of the molecule is CS(=O)(=O)Cc1ccc(C(=O)NCCCSc2ccc(F)cc2)cc1. The third kappa shape index (κ3) is 7.27. The topological polar surface area (TPSA) is 63.2 Å². The summed E-state index contributed by atoms with van der Waals surface area (Å²) in [6.07, 6.45) is 1.97. The first-order chi connectivity index (χ1) is 11.8. The Morgan fingerprint density at radius 2 is 1.72 bits per heavy atom. The molecule has 0 aliphatic carbocycles. The number of hydrogen-bond acceptors (Lipinski definition) is 4. The molecule has 0 heterocycles. The molecule has 0 fully saturated rings. The zero-order valence-electron chi connectivity index (χ0n) is 13.9. The second-order valence-corrected chi connectivity index (χ2v) is 8.99. The van der Waals surface area contributed by atoms with Crippen LogP contribution in [0.1, 0.15) is 22.3 Å². The highest BCUT2D eigenvalue weighted by Crippen LogP contribution is 2.18. The van der Waals surface area contributed by atoms with Gasteiger partial charge in [0.15, 0.2) is 9.84 Å². The molecular formula is C18H20FNO3S2.